The van der Waals surface area contributed by atoms with Gasteiger partial charge in [0.05, 0.1) is 5.69 Å². The molecule has 2 N–H and O–H groups in total. The minimum atomic E-state index is -3.52. The number of hydrogen-bond donors (Lipinski definition) is 2. The normalized spacial score (nSPS) is 16.9. The van der Waals surface area contributed by atoms with Crippen molar-refractivity contribution in [3.63, 3.8) is 0 Å². The molecule has 0 atom stereocenters. The SMILES string of the molecule is CS(=O)(=O)c1nc(C(=O)O)c(CCN2CCCC2)[nH]1. The molecular weight excluding hydrogens is 270 g/mol. The number of aromatic carboxylic acids is 1. The molecule has 0 aromatic carbocycles. The molecule has 1 aliphatic heterocycles. The van der Waals surface area contributed by atoms with E-state index in [1.807, 2.05) is 0 Å². The Labute approximate surface area is 111 Å². The van der Waals surface area contributed by atoms with E-state index in [1.165, 1.54) is 0 Å². The first-order valence-electron chi connectivity index (χ1n) is 6.12. The van der Waals surface area contributed by atoms with Crippen LogP contribution in [0.5, 0.6) is 0 Å². The summed E-state index contributed by atoms with van der Waals surface area (Å²) in [6, 6.07) is 0. The molecule has 0 unspecified atom stereocenters. The molecule has 1 fully saturated rings. The highest BCUT2D eigenvalue weighted by molar-refractivity contribution is 7.90. The van der Waals surface area contributed by atoms with Gasteiger partial charge in [0.25, 0.3) is 0 Å². The van der Waals surface area contributed by atoms with E-state index in [2.05, 4.69) is 14.9 Å². The van der Waals surface area contributed by atoms with Crippen molar-refractivity contribution in [2.75, 3.05) is 25.9 Å². The van der Waals surface area contributed by atoms with Crippen LogP contribution in [0.2, 0.25) is 0 Å². The van der Waals surface area contributed by atoms with Gasteiger partial charge < -0.3 is 15.0 Å². The lowest BCUT2D eigenvalue weighted by Gasteiger charge is -2.13. The maximum absolute atomic E-state index is 11.4. The van der Waals surface area contributed by atoms with E-state index in [0.29, 0.717) is 18.7 Å². The molecule has 0 spiro atoms. The molecular formula is C11H17N3O4S. The predicted molar refractivity (Wildman–Crippen MR) is 68.0 cm³/mol. The Morgan fingerprint density at radius 2 is 2.05 bits per heavy atom. The molecule has 8 heteroatoms. The molecule has 0 amide bonds. The molecule has 19 heavy (non-hydrogen) atoms. The summed E-state index contributed by atoms with van der Waals surface area (Å²) in [6.07, 6.45) is 3.78. The Morgan fingerprint density at radius 1 is 1.42 bits per heavy atom. The molecule has 0 aliphatic carbocycles. The summed E-state index contributed by atoms with van der Waals surface area (Å²) in [5.74, 6) is -1.21. The summed E-state index contributed by atoms with van der Waals surface area (Å²) >= 11 is 0. The van der Waals surface area contributed by atoms with Crippen molar-refractivity contribution in [1.82, 2.24) is 14.9 Å². The van der Waals surface area contributed by atoms with Crippen LogP contribution < -0.4 is 0 Å². The third-order valence-electron chi connectivity index (χ3n) is 3.19. The number of rotatable bonds is 5. The first-order chi connectivity index (χ1) is 8.88. The molecule has 2 rings (SSSR count). The van der Waals surface area contributed by atoms with Crippen LogP contribution in [0.1, 0.15) is 29.0 Å². The van der Waals surface area contributed by atoms with Gasteiger partial charge in [0.15, 0.2) is 5.69 Å². The minimum Gasteiger partial charge on any atom is -0.476 e. The summed E-state index contributed by atoms with van der Waals surface area (Å²) < 4.78 is 22.8. The second-order valence-corrected chi connectivity index (χ2v) is 6.68. The number of likely N-dealkylation sites (tertiary alicyclic amines) is 1. The molecule has 1 saturated heterocycles. The highest BCUT2D eigenvalue weighted by Gasteiger charge is 2.22. The third kappa shape index (κ3) is 3.32. The van der Waals surface area contributed by atoms with Gasteiger partial charge in [0.1, 0.15) is 0 Å². The summed E-state index contributed by atoms with van der Waals surface area (Å²) in [7, 11) is -3.52. The molecule has 0 saturated carbocycles. The zero-order chi connectivity index (χ0) is 14.0. The van der Waals surface area contributed by atoms with Crippen LogP contribution in [0.4, 0.5) is 0 Å². The Balaban J connectivity index is 2.17. The van der Waals surface area contributed by atoms with Crippen LogP contribution in [0.15, 0.2) is 5.16 Å². The van der Waals surface area contributed by atoms with E-state index < -0.39 is 15.8 Å². The zero-order valence-electron chi connectivity index (χ0n) is 10.7. The summed E-state index contributed by atoms with van der Waals surface area (Å²) in [5, 5.41) is 8.77. The van der Waals surface area contributed by atoms with Gasteiger partial charge in [-0.05, 0) is 25.9 Å². The van der Waals surface area contributed by atoms with E-state index in [0.717, 1.165) is 32.2 Å². The fourth-order valence-electron chi connectivity index (χ4n) is 2.19. The number of aromatic nitrogens is 2. The number of sulfone groups is 1. The number of imidazole rings is 1. The van der Waals surface area contributed by atoms with Gasteiger partial charge in [-0.15, -0.1) is 0 Å². The Hall–Kier alpha value is -1.41. The number of H-pyrrole nitrogens is 1. The zero-order valence-corrected chi connectivity index (χ0v) is 11.5. The number of nitrogens with zero attached hydrogens (tertiary/aromatic N) is 2. The van der Waals surface area contributed by atoms with Crippen LogP contribution in [0.25, 0.3) is 0 Å². The van der Waals surface area contributed by atoms with Gasteiger partial charge in [0.2, 0.25) is 15.0 Å². The standard InChI is InChI=1S/C11H17N3O4S/c1-19(17,18)11-12-8(9(13-11)10(15)16)4-7-14-5-2-3-6-14/h2-7H2,1H3,(H,12,13)(H,15,16). The summed E-state index contributed by atoms with van der Waals surface area (Å²) in [5.41, 5.74) is 0.180. The molecule has 2 heterocycles. The average molecular weight is 287 g/mol. The van der Waals surface area contributed by atoms with Gasteiger partial charge in [0, 0.05) is 19.2 Å². The highest BCUT2D eigenvalue weighted by atomic mass is 32.2. The quantitative estimate of drug-likeness (QED) is 0.799. The van der Waals surface area contributed by atoms with Crippen molar-refractivity contribution >= 4 is 15.8 Å². The Kier molecular flexibility index (Phi) is 3.91. The molecule has 1 aliphatic rings. The first-order valence-corrected chi connectivity index (χ1v) is 8.01. The molecule has 0 bridgehead atoms. The maximum Gasteiger partial charge on any atom is 0.356 e. The monoisotopic (exact) mass is 287 g/mol. The number of aromatic amines is 1. The van der Waals surface area contributed by atoms with Crippen molar-refractivity contribution in [2.24, 2.45) is 0 Å². The van der Waals surface area contributed by atoms with Crippen LogP contribution in [-0.2, 0) is 16.3 Å². The minimum absolute atomic E-state index is 0.195. The Morgan fingerprint density at radius 3 is 2.58 bits per heavy atom. The second kappa shape index (κ2) is 5.30. The highest BCUT2D eigenvalue weighted by Crippen LogP contribution is 2.14. The van der Waals surface area contributed by atoms with Gasteiger partial charge in [-0.1, -0.05) is 0 Å². The van der Waals surface area contributed by atoms with Gasteiger partial charge in [-0.3, -0.25) is 0 Å². The molecule has 1 aromatic rings. The topological polar surface area (TPSA) is 103 Å². The van der Waals surface area contributed by atoms with Gasteiger partial charge in [-0.2, -0.15) is 0 Å². The number of hydrogen-bond acceptors (Lipinski definition) is 5. The molecule has 106 valence electrons. The van der Waals surface area contributed by atoms with Crippen molar-refractivity contribution in [2.45, 2.75) is 24.4 Å². The molecule has 1 aromatic heterocycles. The summed E-state index contributed by atoms with van der Waals surface area (Å²) in [6.45, 7) is 2.73. The third-order valence-corrected chi connectivity index (χ3v) is 4.08. The summed E-state index contributed by atoms with van der Waals surface area (Å²) in [4.78, 5) is 19.6. The van der Waals surface area contributed by atoms with Crippen LogP contribution in [-0.4, -0.2) is 60.3 Å². The van der Waals surface area contributed by atoms with E-state index in [4.69, 9.17) is 5.11 Å². The van der Waals surface area contributed by atoms with Crippen molar-refractivity contribution in [3.8, 4) is 0 Å². The smallest absolute Gasteiger partial charge is 0.356 e. The van der Waals surface area contributed by atoms with Crippen molar-refractivity contribution < 1.29 is 18.3 Å². The molecule has 7 nitrogen and oxygen atoms in total. The van der Waals surface area contributed by atoms with Crippen LogP contribution in [0, 0.1) is 0 Å². The number of nitrogens with one attached hydrogen (secondary N) is 1. The lowest BCUT2D eigenvalue weighted by molar-refractivity contribution is 0.0689. The number of carbonyl (C=O) groups is 1. The van der Waals surface area contributed by atoms with E-state index >= 15 is 0 Å². The van der Waals surface area contributed by atoms with Crippen molar-refractivity contribution in [1.29, 1.82) is 0 Å². The molecule has 0 radical (unpaired) electrons. The van der Waals surface area contributed by atoms with Crippen LogP contribution in [0.3, 0.4) is 0 Å². The number of carboxylic acids is 1. The fraction of sp³-hybridized carbons (Fsp3) is 0.636. The van der Waals surface area contributed by atoms with Crippen LogP contribution >= 0.6 is 0 Å². The predicted octanol–water partition coefficient (Wildman–Crippen LogP) is 0.150. The van der Waals surface area contributed by atoms with Gasteiger partial charge >= 0.3 is 5.97 Å². The van der Waals surface area contributed by atoms with Crippen molar-refractivity contribution in [3.05, 3.63) is 11.4 Å². The fourth-order valence-corrected chi connectivity index (χ4v) is 2.76. The lowest BCUT2D eigenvalue weighted by Crippen LogP contribution is -2.22. The van der Waals surface area contributed by atoms with E-state index in [-0.39, 0.29) is 10.9 Å². The van der Waals surface area contributed by atoms with Gasteiger partial charge in [-0.25, -0.2) is 18.2 Å². The lowest BCUT2D eigenvalue weighted by atomic mass is 10.2. The van der Waals surface area contributed by atoms with E-state index in [9.17, 15) is 13.2 Å². The maximum atomic E-state index is 11.4. The first kappa shape index (κ1) is 14.0. The second-order valence-electron chi connectivity index (χ2n) is 4.75. The largest absolute Gasteiger partial charge is 0.476 e. The van der Waals surface area contributed by atoms with E-state index in [1.54, 1.807) is 0 Å². The Bertz CT molecular complexity index is 573. The number of carboxylic acid groups (broad SMARTS) is 1. The average Bonchev–Trinajstić information content (AvgIpc) is 2.94.